The summed E-state index contributed by atoms with van der Waals surface area (Å²) >= 11 is 0. The predicted octanol–water partition coefficient (Wildman–Crippen LogP) is 0.914. The van der Waals surface area contributed by atoms with Crippen molar-refractivity contribution in [2.45, 2.75) is 39.7 Å². The molecular formula is C14H20N2O4. The standard InChI is InChI=1S/C14H20N2O4/c1-9-12(6-13(17)18)10(2)16(14(19)15-9)7-11-4-3-5-20-8-11/h11H,3-8H2,1-2H3,(H,17,18). The third kappa shape index (κ3) is 3.25. The summed E-state index contributed by atoms with van der Waals surface area (Å²) in [5.74, 6) is -0.619. The van der Waals surface area contributed by atoms with Crippen molar-refractivity contribution < 1.29 is 14.6 Å². The molecule has 2 rings (SSSR count). The highest BCUT2D eigenvalue weighted by Crippen LogP contribution is 2.17. The van der Waals surface area contributed by atoms with E-state index in [0.717, 1.165) is 19.4 Å². The molecule has 2 heterocycles. The van der Waals surface area contributed by atoms with Crippen LogP contribution < -0.4 is 5.69 Å². The Kier molecular flexibility index (Phi) is 4.54. The maximum absolute atomic E-state index is 12.0. The predicted molar refractivity (Wildman–Crippen MR) is 72.9 cm³/mol. The van der Waals surface area contributed by atoms with E-state index >= 15 is 0 Å². The van der Waals surface area contributed by atoms with Crippen LogP contribution >= 0.6 is 0 Å². The molecule has 0 radical (unpaired) electrons. The molecule has 0 saturated carbocycles. The van der Waals surface area contributed by atoms with E-state index in [9.17, 15) is 9.59 Å². The van der Waals surface area contributed by atoms with Crippen LogP contribution in [-0.4, -0.2) is 33.8 Å². The summed E-state index contributed by atoms with van der Waals surface area (Å²) in [4.78, 5) is 26.9. The molecule has 1 saturated heterocycles. The zero-order valence-corrected chi connectivity index (χ0v) is 11.9. The summed E-state index contributed by atoms with van der Waals surface area (Å²) in [7, 11) is 0. The van der Waals surface area contributed by atoms with Gasteiger partial charge in [0, 0.05) is 36.0 Å². The van der Waals surface area contributed by atoms with Crippen LogP contribution in [0.5, 0.6) is 0 Å². The van der Waals surface area contributed by atoms with Gasteiger partial charge in [0.2, 0.25) is 0 Å². The first-order valence-corrected chi connectivity index (χ1v) is 6.85. The first kappa shape index (κ1) is 14.7. The molecule has 6 nitrogen and oxygen atoms in total. The quantitative estimate of drug-likeness (QED) is 0.886. The SMILES string of the molecule is Cc1nc(=O)n(CC2CCCOC2)c(C)c1CC(=O)O. The van der Waals surface area contributed by atoms with Crippen LogP contribution in [0, 0.1) is 19.8 Å². The van der Waals surface area contributed by atoms with Crippen LogP contribution in [0.3, 0.4) is 0 Å². The molecule has 0 spiro atoms. The molecule has 1 N–H and O–H groups in total. The topological polar surface area (TPSA) is 81.4 Å². The van der Waals surface area contributed by atoms with Crippen molar-refractivity contribution >= 4 is 5.97 Å². The van der Waals surface area contributed by atoms with Crippen LogP contribution in [0.15, 0.2) is 4.79 Å². The Labute approximate surface area is 117 Å². The number of carbonyl (C=O) groups is 1. The summed E-state index contributed by atoms with van der Waals surface area (Å²) in [5, 5.41) is 8.96. The third-order valence-electron chi connectivity index (χ3n) is 3.80. The second-order valence-electron chi connectivity index (χ2n) is 5.31. The van der Waals surface area contributed by atoms with E-state index in [1.165, 1.54) is 0 Å². The summed E-state index contributed by atoms with van der Waals surface area (Å²) in [5.41, 5.74) is 1.54. The molecule has 1 fully saturated rings. The van der Waals surface area contributed by atoms with Crippen molar-refractivity contribution in [2.24, 2.45) is 5.92 Å². The van der Waals surface area contributed by atoms with Gasteiger partial charge in [0.05, 0.1) is 13.0 Å². The molecular weight excluding hydrogens is 260 g/mol. The van der Waals surface area contributed by atoms with E-state index in [2.05, 4.69) is 4.98 Å². The average Bonchev–Trinajstić information content (AvgIpc) is 2.40. The molecule has 0 amide bonds. The molecule has 6 heteroatoms. The highest BCUT2D eigenvalue weighted by Gasteiger charge is 2.19. The molecule has 110 valence electrons. The number of nitrogens with zero attached hydrogens (tertiary/aromatic N) is 2. The maximum atomic E-state index is 12.0. The third-order valence-corrected chi connectivity index (χ3v) is 3.80. The minimum Gasteiger partial charge on any atom is -0.481 e. The normalized spacial score (nSPS) is 19.0. The van der Waals surface area contributed by atoms with Gasteiger partial charge in [0.25, 0.3) is 0 Å². The fourth-order valence-electron chi connectivity index (χ4n) is 2.67. The van der Waals surface area contributed by atoms with Crippen LogP contribution in [-0.2, 0) is 22.5 Å². The summed E-state index contributed by atoms with van der Waals surface area (Å²) in [6.45, 7) is 5.44. The van der Waals surface area contributed by atoms with Crippen LogP contribution in [0.2, 0.25) is 0 Å². The minimum atomic E-state index is -0.913. The van der Waals surface area contributed by atoms with Crippen molar-refractivity contribution in [2.75, 3.05) is 13.2 Å². The highest BCUT2D eigenvalue weighted by atomic mass is 16.5. The van der Waals surface area contributed by atoms with Crippen LogP contribution in [0.4, 0.5) is 0 Å². The fourth-order valence-corrected chi connectivity index (χ4v) is 2.67. The molecule has 0 aliphatic carbocycles. The van der Waals surface area contributed by atoms with E-state index in [4.69, 9.17) is 9.84 Å². The number of hydrogen-bond acceptors (Lipinski definition) is 4. The minimum absolute atomic E-state index is 0.105. The highest BCUT2D eigenvalue weighted by molar-refractivity contribution is 5.70. The van der Waals surface area contributed by atoms with E-state index in [1.807, 2.05) is 0 Å². The zero-order chi connectivity index (χ0) is 14.7. The number of aryl methyl sites for hydroxylation is 1. The van der Waals surface area contributed by atoms with Gasteiger partial charge in [-0.3, -0.25) is 9.36 Å². The van der Waals surface area contributed by atoms with Gasteiger partial charge in [-0.1, -0.05) is 0 Å². The summed E-state index contributed by atoms with van der Waals surface area (Å²) < 4.78 is 7.01. The number of carboxylic acids is 1. The molecule has 1 aliphatic heterocycles. The van der Waals surface area contributed by atoms with Gasteiger partial charge >= 0.3 is 11.7 Å². The van der Waals surface area contributed by atoms with Crippen LogP contribution in [0.25, 0.3) is 0 Å². The van der Waals surface area contributed by atoms with E-state index in [-0.39, 0.29) is 12.1 Å². The second kappa shape index (κ2) is 6.17. The summed E-state index contributed by atoms with van der Waals surface area (Å²) in [6.07, 6.45) is 1.92. The number of carboxylic acid groups (broad SMARTS) is 1. The monoisotopic (exact) mass is 280 g/mol. The Morgan fingerprint density at radius 3 is 2.85 bits per heavy atom. The first-order valence-electron chi connectivity index (χ1n) is 6.85. The number of ether oxygens (including phenoxy) is 1. The molecule has 20 heavy (non-hydrogen) atoms. The zero-order valence-electron chi connectivity index (χ0n) is 11.9. The number of hydrogen-bond donors (Lipinski definition) is 1. The van der Waals surface area contributed by atoms with E-state index in [0.29, 0.717) is 36.0 Å². The average molecular weight is 280 g/mol. The Bertz CT molecular complexity index is 559. The lowest BCUT2D eigenvalue weighted by atomic mass is 10.0. The van der Waals surface area contributed by atoms with Gasteiger partial charge in [-0.05, 0) is 26.7 Å². The fraction of sp³-hybridized carbons (Fsp3) is 0.643. The van der Waals surface area contributed by atoms with Crippen molar-refractivity contribution in [3.8, 4) is 0 Å². The Hall–Kier alpha value is -1.69. The molecule has 1 unspecified atom stereocenters. The lowest BCUT2D eigenvalue weighted by Gasteiger charge is -2.24. The molecule has 1 aromatic heterocycles. The molecule has 1 aliphatic rings. The van der Waals surface area contributed by atoms with E-state index < -0.39 is 5.97 Å². The number of aromatic nitrogens is 2. The Morgan fingerprint density at radius 1 is 1.50 bits per heavy atom. The van der Waals surface area contributed by atoms with Gasteiger partial charge in [-0.25, -0.2) is 4.79 Å². The Morgan fingerprint density at radius 2 is 2.25 bits per heavy atom. The van der Waals surface area contributed by atoms with Crippen molar-refractivity contribution in [1.82, 2.24) is 9.55 Å². The molecule has 0 bridgehead atoms. The van der Waals surface area contributed by atoms with Crippen molar-refractivity contribution in [1.29, 1.82) is 0 Å². The molecule has 0 aromatic carbocycles. The van der Waals surface area contributed by atoms with Gasteiger partial charge in [0.1, 0.15) is 0 Å². The Balaban J connectivity index is 2.31. The largest absolute Gasteiger partial charge is 0.481 e. The summed E-state index contributed by atoms with van der Waals surface area (Å²) in [6, 6.07) is 0. The van der Waals surface area contributed by atoms with E-state index in [1.54, 1.807) is 18.4 Å². The van der Waals surface area contributed by atoms with Gasteiger partial charge in [0.15, 0.2) is 0 Å². The lowest BCUT2D eigenvalue weighted by molar-refractivity contribution is -0.136. The smallest absolute Gasteiger partial charge is 0.347 e. The maximum Gasteiger partial charge on any atom is 0.347 e. The van der Waals surface area contributed by atoms with Crippen molar-refractivity contribution in [3.05, 3.63) is 27.4 Å². The van der Waals surface area contributed by atoms with Crippen LogP contribution in [0.1, 0.15) is 29.8 Å². The first-order chi connectivity index (χ1) is 9.49. The lowest BCUT2D eigenvalue weighted by Crippen LogP contribution is -2.33. The van der Waals surface area contributed by atoms with Crippen molar-refractivity contribution in [3.63, 3.8) is 0 Å². The number of aliphatic carboxylic acids is 1. The number of rotatable bonds is 4. The van der Waals surface area contributed by atoms with Gasteiger partial charge in [-0.15, -0.1) is 0 Å². The second-order valence-corrected chi connectivity index (χ2v) is 5.31. The van der Waals surface area contributed by atoms with Gasteiger partial charge < -0.3 is 9.84 Å². The van der Waals surface area contributed by atoms with Gasteiger partial charge in [-0.2, -0.15) is 4.98 Å². The molecule has 1 aromatic rings. The molecule has 1 atom stereocenters.